The van der Waals surface area contributed by atoms with Gasteiger partial charge >= 0.3 is 0 Å². The Hall–Kier alpha value is -8.41. The van der Waals surface area contributed by atoms with Crippen molar-refractivity contribution in [3.8, 4) is 44.9 Å². The molecule has 2 spiro atoms. The van der Waals surface area contributed by atoms with Crippen LogP contribution in [0.25, 0.3) is 53.6 Å². The van der Waals surface area contributed by atoms with Crippen molar-refractivity contribution in [2.24, 2.45) is 0 Å². The minimum atomic E-state index is -0.615. The molecule has 12 aromatic rings. The van der Waals surface area contributed by atoms with Gasteiger partial charge in [-0.25, -0.2) is 0 Å². The van der Waals surface area contributed by atoms with Crippen molar-refractivity contribution in [1.29, 1.82) is 0 Å². The SMILES string of the molecule is c1ccc2c(c1)Oc1ccccc1C21c2ccccc2-c2c(N(c3ccc(-c4ccc5sc6ccccc6c5c4)cc3)c3cccc4c3-c3ccccc3C43c4ccccc4Sc4ccccc43)cccc21. The number of rotatable bonds is 4. The maximum Gasteiger partial charge on any atom is 0.132 e. The monoisotopic (exact) mass is 951 g/mol. The second-order valence-corrected chi connectivity index (χ2v) is 21.5. The summed E-state index contributed by atoms with van der Waals surface area (Å²) in [5, 5.41) is 2.62. The van der Waals surface area contributed by atoms with E-state index in [1.54, 1.807) is 0 Å². The molecular weight excluding hydrogens is 911 g/mol. The standard InChI is InChI=1S/C68H41NOS2/c1-4-20-49-46(18-1)65-55(67(49)51-22-6-10-30-59(51)70-60-31-11-7-23-52(60)67)26-15-28-57(65)69(44-38-35-42(36-39-44)43-37-40-62-48(41-43)45-17-3-12-32-61(45)71-62)58-29-16-27-56-66(58)47-19-2-5-21-50(47)68(56)53-24-8-13-33-63(53)72-64-34-14-9-25-54(64)68/h1-41H. The summed E-state index contributed by atoms with van der Waals surface area (Å²) in [7, 11) is 0. The first-order valence-corrected chi connectivity index (χ1v) is 26.4. The summed E-state index contributed by atoms with van der Waals surface area (Å²) in [6.07, 6.45) is 0. The molecule has 0 saturated heterocycles. The van der Waals surface area contributed by atoms with Gasteiger partial charge in [0, 0.05) is 57.9 Å². The van der Waals surface area contributed by atoms with E-state index in [2.05, 4.69) is 254 Å². The highest BCUT2D eigenvalue weighted by molar-refractivity contribution is 7.99. The fourth-order valence-electron chi connectivity index (χ4n) is 13.3. The van der Waals surface area contributed by atoms with E-state index in [9.17, 15) is 0 Å². The maximum atomic E-state index is 6.78. The van der Waals surface area contributed by atoms with Crippen LogP contribution in [0.15, 0.2) is 259 Å². The molecule has 4 aliphatic rings. The molecule has 72 heavy (non-hydrogen) atoms. The van der Waals surface area contributed by atoms with Crippen LogP contribution < -0.4 is 9.64 Å². The van der Waals surface area contributed by atoms with Crippen LogP contribution in [0.5, 0.6) is 11.5 Å². The molecule has 0 atom stereocenters. The van der Waals surface area contributed by atoms with Gasteiger partial charge in [0.1, 0.15) is 11.5 Å². The van der Waals surface area contributed by atoms with Crippen LogP contribution in [0.1, 0.15) is 44.5 Å². The molecular formula is C68H41NOS2. The van der Waals surface area contributed by atoms with Crippen LogP contribution in [0.3, 0.4) is 0 Å². The van der Waals surface area contributed by atoms with Crippen LogP contribution in [-0.2, 0) is 10.8 Å². The number of hydrogen-bond donors (Lipinski definition) is 0. The third kappa shape index (κ3) is 5.25. The summed E-state index contributed by atoms with van der Waals surface area (Å²) in [5.41, 5.74) is 19.7. The van der Waals surface area contributed by atoms with Gasteiger partial charge in [0.05, 0.1) is 22.2 Å². The van der Waals surface area contributed by atoms with E-state index in [4.69, 9.17) is 4.74 Å². The lowest BCUT2D eigenvalue weighted by molar-refractivity contribution is 0.436. The Kier molecular flexibility index (Phi) is 8.43. The molecule has 0 radical (unpaired) electrons. The number of ether oxygens (including phenoxy) is 1. The smallest absolute Gasteiger partial charge is 0.132 e. The predicted octanol–water partition coefficient (Wildman–Crippen LogP) is 18.5. The van der Waals surface area contributed by atoms with Crippen LogP contribution >= 0.6 is 23.1 Å². The van der Waals surface area contributed by atoms with Gasteiger partial charge in [0.2, 0.25) is 0 Å². The van der Waals surface area contributed by atoms with Gasteiger partial charge in [-0.3, -0.25) is 0 Å². The number of hydrogen-bond acceptors (Lipinski definition) is 4. The molecule has 2 aliphatic heterocycles. The quantitative estimate of drug-likeness (QED) is 0.174. The molecule has 336 valence electrons. The molecule has 0 saturated carbocycles. The Morgan fingerprint density at radius 1 is 0.333 bits per heavy atom. The van der Waals surface area contributed by atoms with Crippen molar-refractivity contribution in [2.45, 2.75) is 20.6 Å². The minimum absolute atomic E-state index is 0.523. The Labute approximate surface area is 426 Å². The van der Waals surface area contributed by atoms with Gasteiger partial charge in [0.25, 0.3) is 0 Å². The van der Waals surface area contributed by atoms with E-state index in [0.29, 0.717) is 0 Å². The lowest BCUT2D eigenvalue weighted by Gasteiger charge is -2.40. The molecule has 0 N–H and O–H groups in total. The number of nitrogens with zero attached hydrogens (tertiary/aromatic N) is 1. The average molecular weight is 952 g/mol. The highest BCUT2D eigenvalue weighted by atomic mass is 32.2. The second kappa shape index (κ2) is 15.1. The van der Waals surface area contributed by atoms with Gasteiger partial charge in [0.15, 0.2) is 0 Å². The zero-order valence-corrected chi connectivity index (χ0v) is 40.5. The lowest BCUT2D eigenvalue weighted by atomic mass is 9.66. The van der Waals surface area contributed by atoms with E-state index in [-0.39, 0.29) is 0 Å². The minimum Gasteiger partial charge on any atom is -0.457 e. The highest BCUT2D eigenvalue weighted by Crippen LogP contribution is 2.67. The normalized spacial score (nSPS) is 14.4. The van der Waals surface area contributed by atoms with Gasteiger partial charge in [-0.15, -0.1) is 11.3 Å². The fourth-order valence-corrected chi connectivity index (χ4v) is 15.5. The molecule has 2 aliphatic carbocycles. The molecule has 0 unspecified atom stereocenters. The second-order valence-electron chi connectivity index (χ2n) is 19.4. The topological polar surface area (TPSA) is 12.5 Å². The Bertz CT molecular complexity index is 3970. The number of fused-ring (bicyclic) bond motifs is 21. The summed E-state index contributed by atoms with van der Waals surface area (Å²) in [6, 6.07) is 92.9. The third-order valence-corrected chi connectivity index (χ3v) is 18.3. The molecule has 0 amide bonds. The summed E-state index contributed by atoms with van der Waals surface area (Å²) in [4.78, 5) is 5.17. The van der Waals surface area contributed by atoms with E-state index >= 15 is 0 Å². The van der Waals surface area contributed by atoms with Gasteiger partial charge in [-0.05, 0) is 122 Å². The van der Waals surface area contributed by atoms with Crippen LogP contribution in [-0.4, -0.2) is 0 Å². The highest BCUT2D eigenvalue weighted by Gasteiger charge is 2.54. The van der Waals surface area contributed by atoms with Crippen LogP contribution in [0, 0.1) is 0 Å². The van der Waals surface area contributed by atoms with Crippen molar-refractivity contribution < 1.29 is 4.74 Å². The Morgan fingerprint density at radius 2 is 0.792 bits per heavy atom. The van der Waals surface area contributed by atoms with E-state index in [1.807, 2.05) is 23.1 Å². The Morgan fingerprint density at radius 3 is 1.40 bits per heavy atom. The first kappa shape index (κ1) is 40.3. The maximum absolute atomic E-state index is 6.78. The fraction of sp³-hybridized carbons (Fsp3) is 0.0294. The zero-order valence-electron chi connectivity index (χ0n) is 38.8. The summed E-state index contributed by atoms with van der Waals surface area (Å²) < 4.78 is 9.41. The zero-order chi connectivity index (χ0) is 47.1. The van der Waals surface area contributed by atoms with Crippen molar-refractivity contribution in [3.63, 3.8) is 0 Å². The number of thiophene rings is 1. The van der Waals surface area contributed by atoms with Gasteiger partial charge < -0.3 is 9.64 Å². The third-order valence-electron chi connectivity index (χ3n) is 16.0. The van der Waals surface area contributed by atoms with Crippen molar-refractivity contribution >= 4 is 60.3 Å². The largest absolute Gasteiger partial charge is 0.457 e. The van der Waals surface area contributed by atoms with E-state index < -0.39 is 10.8 Å². The van der Waals surface area contributed by atoms with Crippen LogP contribution in [0.2, 0.25) is 0 Å². The van der Waals surface area contributed by atoms with E-state index in [1.165, 1.54) is 96.7 Å². The molecule has 2 nitrogen and oxygen atoms in total. The Balaban J connectivity index is 0.984. The lowest BCUT2D eigenvalue weighted by Crippen LogP contribution is -2.32. The number of para-hydroxylation sites is 2. The number of anilines is 3. The molecule has 4 heteroatoms. The first-order chi connectivity index (χ1) is 35.7. The van der Waals surface area contributed by atoms with Gasteiger partial charge in [-0.2, -0.15) is 0 Å². The average Bonchev–Trinajstić information content (AvgIpc) is 4.07. The van der Waals surface area contributed by atoms with Crippen LogP contribution in [0.4, 0.5) is 17.1 Å². The van der Waals surface area contributed by atoms with Crippen molar-refractivity contribution in [1.82, 2.24) is 0 Å². The molecule has 3 heterocycles. The molecule has 0 bridgehead atoms. The van der Waals surface area contributed by atoms with Crippen molar-refractivity contribution in [2.75, 3.05) is 4.90 Å². The summed E-state index contributed by atoms with van der Waals surface area (Å²) >= 11 is 3.75. The molecule has 0 fully saturated rings. The summed E-state index contributed by atoms with van der Waals surface area (Å²) in [6.45, 7) is 0. The van der Waals surface area contributed by atoms with Gasteiger partial charge in [-0.1, -0.05) is 194 Å². The number of benzene rings is 11. The first-order valence-electron chi connectivity index (χ1n) is 24.7. The molecule has 1 aromatic heterocycles. The molecule has 16 rings (SSSR count). The molecule has 11 aromatic carbocycles. The summed E-state index contributed by atoms with van der Waals surface area (Å²) in [5.74, 6) is 1.78. The van der Waals surface area contributed by atoms with E-state index in [0.717, 1.165) is 39.7 Å². The predicted molar refractivity (Wildman–Crippen MR) is 298 cm³/mol. The van der Waals surface area contributed by atoms with Crippen molar-refractivity contribution in [3.05, 3.63) is 293 Å².